The molecule has 0 spiro atoms. The summed E-state index contributed by atoms with van der Waals surface area (Å²) in [5.74, 6) is 0.669. The van der Waals surface area contributed by atoms with Gasteiger partial charge in [0.1, 0.15) is 11.4 Å². The zero-order valence-corrected chi connectivity index (χ0v) is 18.7. The standard InChI is InChI=1S/C21H24N4O3S2/c1-4-30(26,27)25-16-8-9-19-17(11-16)18(12-21(2,3)28-19)24-20(29)23-15-7-5-6-14(10-15)13-22/h5-11,18,25H,4,12H2,1-3H3,(H2,23,24,29). The van der Waals surface area contributed by atoms with Gasteiger partial charge in [-0.1, -0.05) is 6.07 Å². The fourth-order valence-corrected chi connectivity index (χ4v) is 4.18. The van der Waals surface area contributed by atoms with E-state index >= 15 is 0 Å². The lowest BCUT2D eigenvalue weighted by Gasteiger charge is -2.38. The molecular weight excluding hydrogens is 420 g/mol. The van der Waals surface area contributed by atoms with Crippen LogP contribution in [0.1, 0.15) is 44.4 Å². The van der Waals surface area contributed by atoms with Gasteiger partial charge in [-0.05, 0) is 69.4 Å². The highest BCUT2D eigenvalue weighted by atomic mass is 32.2. The van der Waals surface area contributed by atoms with Gasteiger partial charge in [0.2, 0.25) is 10.0 Å². The summed E-state index contributed by atoms with van der Waals surface area (Å²) in [6, 6.07) is 14.2. The number of rotatable bonds is 5. The first kappa shape index (κ1) is 21.9. The van der Waals surface area contributed by atoms with Crippen LogP contribution in [0.15, 0.2) is 42.5 Å². The van der Waals surface area contributed by atoms with E-state index in [4.69, 9.17) is 22.2 Å². The average Bonchev–Trinajstić information content (AvgIpc) is 2.67. The monoisotopic (exact) mass is 444 g/mol. The molecule has 1 aliphatic rings. The number of sulfonamides is 1. The van der Waals surface area contributed by atoms with Crippen molar-refractivity contribution in [2.75, 3.05) is 15.8 Å². The number of nitriles is 1. The first-order chi connectivity index (χ1) is 14.1. The van der Waals surface area contributed by atoms with E-state index in [1.165, 1.54) is 0 Å². The summed E-state index contributed by atoms with van der Waals surface area (Å²) in [6.45, 7) is 5.57. The Morgan fingerprint density at radius 2 is 2.03 bits per heavy atom. The van der Waals surface area contributed by atoms with Gasteiger partial charge < -0.3 is 15.4 Å². The molecule has 2 aromatic rings. The van der Waals surface area contributed by atoms with E-state index < -0.39 is 15.6 Å². The van der Waals surface area contributed by atoms with E-state index in [0.29, 0.717) is 34.2 Å². The topological polar surface area (TPSA) is 103 Å². The number of nitrogens with zero attached hydrogens (tertiary/aromatic N) is 1. The maximum Gasteiger partial charge on any atom is 0.232 e. The molecule has 158 valence electrons. The van der Waals surface area contributed by atoms with Gasteiger partial charge in [-0.2, -0.15) is 5.26 Å². The number of hydrogen-bond donors (Lipinski definition) is 3. The summed E-state index contributed by atoms with van der Waals surface area (Å²) in [4.78, 5) is 0. The SMILES string of the molecule is CCS(=O)(=O)Nc1ccc2c(c1)C(NC(=S)Nc1cccc(C#N)c1)CC(C)(C)O2. The van der Waals surface area contributed by atoms with Gasteiger partial charge in [0, 0.05) is 23.4 Å². The van der Waals surface area contributed by atoms with Crippen LogP contribution < -0.4 is 20.1 Å². The van der Waals surface area contributed by atoms with Crippen molar-refractivity contribution >= 4 is 38.7 Å². The summed E-state index contributed by atoms with van der Waals surface area (Å²) in [6.07, 6.45) is 0.629. The minimum Gasteiger partial charge on any atom is -0.487 e. The number of anilines is 2. The summed E-state index contributed by atoms with van der Waals surface area (Å²) in [5, 5.41) is 15.9. The smallest absolute Gasteiger partial charge is 0.232 e. The van der Waals surface area contributed by atoms with Crippen molar-refractivity contribution in [3.8, 4) is 11.8 Å². The minimum absolute atomic E-state index is 0.00887. The quantitative estimate of drug-likeness (QED) is 0.601. The van der Waals surface area contributed by atoms with E-state index in [9.17, 15) is 8.42 Å². The maximum absolute atomic E-state index is 11.9. The predicted molar refractivity (Wildman–Crippen MR) is 122 cm³/mol. The molecule has 7 nitrogen and oxygen atoms in total. The first-order valence-electron chi connectivity index (χ1n) is 9.52. The number of fused-ring (bicyclic) bond motifs is 1. The maximum atomic E-state index is 11.9. The molecule has 0 amide bonds. The van der Waals surface area contributed by atoms with Crippen LogP contribution in [0.2, 0.25) is 0 Å². The Labute approximate surface area is 182 Å². The molecule has 1 unspecified atom stereocenters. The molecule has 0 fully saturated rings. The van der Waals surface area contributed by atoms with Gasteiger partial charge >= 0.3 is 0 Å². The number of benzene rings is 2. The first-order valence-corrected chi connectivity index (χ1v) is 11.6. The molecule has 30 heavy (non-hydrogen) atoms. The summed E-state index contributed by atoms with van der Waals surface area (Å²) >= 11 is 5.48. The molecule has 0 aromatic heterocycles. The Morgan fingerprint density at radius 3 is 2.73 bits per heavy atom. The Hall–Kier alpha value is -2.83. The van der Waals surface area contributed by atoms with E-state index in [-0.39, 0.29) is 11.8 Å². The summed E-state index contributed by atoms with van der Waals surface area (Å²) in [5.41, 5.74) is 2.12. The van der Waals surface area contributed by atoms with Crippen LogP contribution in [0.5, 0.6) is 5.75 Å². The molecule has 3 N–H and O–H groups in total. The lowest BCUT2D eigenvalue weighted by atomic mass is 9.89. The van der Waals surface area contributed by atoms with Crippen molar-refractivity contribution in [3.63, 3.8) is 0 Å². The van der Waals surface area contributed by atoms with Crippen LogP contribution in [-0.4, -0.2) is 24.9 Å². The van der Waals surface area contributed by atoms with Gasteiger partial charge in [-0.25, -0.2) is 8.42 Å². The Kier molecular flexibility index (Phi) is 6.19. The second-order valence-corrected chi connectivity index (χ2v) is 10.1. The van der Waals surface area contributed by atoms with Crippen molar-refractivity contribution in [2.24, 2.45) is 0 Å². The molecule has 0 saturated carbocycles. The molecule has 1 heterocycles. The van der Waals surface area contributed by atoms with Crippen molar-refractivity contribution < 1.29 is 13.2 Å². The minimum atomic E-state index is -3.39. The Morgan fingerprint density at radius 1 is 1.27 bits per heavy atom. The van der Waals surface area contributed by atoms with Gasteiger partial charge in [0.25, 0.3) is 0 Å². The van der Waals surface area contributed by atoms with Crippen LogP contribution in [0.4, 0.5) is 11.4 Å². The summed E-state index contributed by atoms with van der Waals surface area (Å²) in [7, 11) is -3.39. The zero-order chi connectivity index (χ0) is 21.9. The van der Waals surface area contributed by atoms with Gasteiger partial charge in [0.15, 0.2) is 5.11 Å². The van der Waals surface area contributed by atoms with Gasteiger partial charge in [-0.3, -0.25) is 4.72 Å². The number of ether oxygens (including phenoxy) is 1. The highest BCUT2D eigenvalue weighted by molar-refractivity contribution is 7.92. The number of hydrogen-bond acceptors (Lipinski definition) is 5. The zero-order valence-electron chi connectivity index (χ0n) is 17.0. The number of thiocarbonyl (C=S) groups is 1. The highest BCUT2D eigenvalue weighted by Crippen LogP contribution is 2.40. The Bertz CT molecular complexity index is 1110. The summed E-state index contributed by atoms with van der Waals surface area (Å²) < 4.78 is 32.5. The van der Waals surface area contributed by atoms with Crippen LogP contribution in [0.3, 0.4) is 0 Å². The molecule has 9 heteroatoms. The molecule has 0 bridgehead atoms. The van der Waals surface area contributed by atoms with E-state index in [2.05, 4.69) is 21.4 Å². The molecule has 1 aliphatic heterocycles. The fourth-order valence-electron chi connectivity index (χ4n) is 3.29. The van der Waals surface area contributed by atoms with Crippen molar-refractivity contribution in [1.82, 2.24) is 5.32 Å². The van der Waals surface area contributed by atoms with Crippen LogP contribution in [0, 0.1) is 11.3 Å². The van der Waals surface area contributed by atoms with Crippen molar-refractivity contribution in [3.05, 3.63) is 53.6 Å². The third-order valence-corrected chi connectivity index (χ3v) is 6.20. The molecule has 2 aromatic carbocycles. The third kappa shape index (κ3) is 5.40. The Balaban J connectivity index is 1.83. The van der Waals surface area contributed by atoms with Crippen LogP contribution in [-0.2, 0) is 10.0 Å². The van der Waals surface area contributed by atoms with Crippen LogP contribution in [0.25, 0.3) is 0 Å². The second-order valence-electron chi connectivity index (χ2n) is 7.67. The van der Waals surface area contributed by atoms with E-state index in [1.54, 1.807) is 43.3 Å². The molecular formula is C21H24N4O3S2. The second kappa shape index (κ2) is 8.50. The molecule has 0 radical (unpaired) electrons. The van der Waals surface area contributed by atoms with Crippen molar-refractivity contribution in [1.29, 1.82) is 5.26 Å². The van der Waals surface area contributed by atoms with Crippen molar-refractivity contribution in [2.45, 2.75) is 38.8 Å². The largest absolute Gasteiger partial charge is 0.487 e. The molecule has 3 rings (SSSR count). The average molecular weight is 445 g/mol. The lowest BCUT2D eigenvalue weighted by molar-refractivity contribution is 0.0697. The van der Waals surface area contributed by atoms with Gasteiger partial charge in [0.05, 0.1) is 23.4 Å². The molecule has 0 saturated heterocycles. The lowest BCUT2D eigenvalue weighted by Crippen LogP contribution is -2.42. The highest BCUT2D eigenvalue weighted by Gasteiger charge is 2.34. The van der Waals surface area contributed by atoms with Gasteiger partial charge in [-0.15, -0.1) is 0 Å². The molecule has 0 aliphatic carbocycles. The predicted octanol–water partition coefficient (Wildman–Crippen LogP) is 3.91. The molecule has 1 atom stereocenters. The van der Waals surface area contributed by atoms with Crippen LogP contribution >= 0.6 is 12.2 Å². The normalized spacial score (nSPS) is 17.1. The van der Waals surface area contributed by atoms with E-state index in [0.717, 1.165) is 5.56 Å². The fraction of sp³-hybridized carbons (Fsp3) is 0.333. The van der Waals surface area contributed by atoms with E-state index in [1.807, 2.05) is 19.9 Å². The third-order valence-electron chi connectivity index (χ3n) is 4.68. The number of nitrogens with one attached hydrogen (secondary N) is 3.